The monoisotopic (exact) mass is 561 g/mol. The molecule has 0 aromatic heterocycles. The Hall–Kier alpha value is -4.00. The number of rotatable bonds is 9. The van der Waals surface area contributed by atoms with Crippen LogP contribution in [0, 0.1) is 0 Å². The maximum Gasteiger partial charge on any atom is 0.410 e. The zero-order chi connectivity index (χ0) is 29.6. The van der Waals surface area contributed by atoms with Crippen molar-refractivity contribution in [3.63, 3.8) is 0 Å². The van der Waals surface area contributed by atoms with E-state index in [0.717, 1.165) is 4.90 Å². The lowest BCUT2D eigenvalue weighted by Crippen LogP contribution is -2.59. The van der Waals surface area contributed by atoms with E-state index in [1.165, 1.54) is 25.1 Å². The molecule has 0 unspecified atom stereocenters. The summed E-state index contributed by atoms with van der Waals surface area (Å²) in [6.07, 6.45) is 0.777. The number of hydrogen-bond donors (Lipinski definition) is 1. The average Bonchev–Trinajstić information content (AvgIpc) is 2.87. The number of piperazine rings is 1. The molecule has 0 spiro atoms. The van der Waals surface area contributed by atoms with Gasteiger partial charge in [-0.15, -0.1) is 0 Å². The second kappa shape index (κ2) is 12.9. The normalized spacial score (nSPS) is 17.0. The summed E-state index contributed by atoms with van der Waals surface area (Å²) in [7, 11) is 0. The number of carbonyl (C=O) groups excluding carboxylic acids is 5. The van der Waals surface area contributed by atoms with E-state index >= 15 is 0 Å². The van der Waals surface area contributed by atoms with Gasteiger partial charge in [0.2, 0.25) is 11.8 Å². The predicted octanol–water partition coefficient (Wildman–Crippen LogP) is 1.47. The first-order valence-corrected chi connectivity index (χ1v) is 12.9. The first kappa shape index (κ1) is 30.5. The zero-order valence-corrected chi connectivity index (χ0v) is 23.1. The summed E-state index contributed by atoms with van der Waals surface area (Å²) in [4.78, 5) is 77.6. The molecule has 2 saturated heterocycles. The van der Waals surface area contributed by atoms with Crippen LogP contribution in [-0.4, -0.2) is 106 Å². The van der Waals surface area contributed by atoms with Crippen LogP contribution < -0.4 is 4.74 Å². The van der Waals surface area contributed by atoms with Gasteiger partial charge in [-0.3, -0.25) is 29.0 Å². The molecular formula is C27H35N3O10. The molecule has 0 radical (unpaired) electrons. The van der Waals surface area contributed by atoms with Crippen molar-refractivity contribution in [3.8, 4) is 5.75 Å². The molecule has 13 nitrogen and oxygen atoms in total. The molecule has 13 heteroatoms. The van der Waals surface area contributed by atoms with Crippen LogP contribution in [-0.2, 0) is 35.3 Å². The Morgan fingerprint density at radius 3 is 2.20 bits per heavy atom. The number of esters is 1. The Balaban J connectivity index is 1.60. The molecule has 2 aliphatic heterocycles. The number of Topliss-reactive ketones (excluding diaryl/α,β-unsaturated/α-hetero) is 1. The van der Waals surface area contributed by atoms with Gasteiger partial charge in [-0.2, -0.15) is 0 Å². The lowest BCUT2D eigenvalue weighted by Gasteiger charge is -2.41. The van der Waals surface area contributed by atoms with Crippen LogP contribution in [0.5, 0.6) is 5.75 Å². The van der Waals surface area contributed by atoms with Crippen molar-refractivity contribution in [3.05, 3.63) is 29.3 Å². The van der Waals surface area contributed by atoms with Crippen molar-refractivity contribution in [2.24, 2.45) is 0 Å². The van der Waals surface area contributed by atoms with E-state index in [4.69, 9.17) is 19.3 Å². The molecule has 0 atom stereocenters. The van der Waals surface area contributed by atoms with E-state index in [-0.39, 0.29) is 48.7 Å². The summed E-state index contributed by atoms with van der Waals surface area (Å²) in [5, 5.41) is 8.87. The van der Waals surface area contributed by atoms with Gasteiger partial charge >= 0.3 is 18.0 Å². The van der Waals surface area contributed by atoms with Crippen LogP contribution in [0.1, 0.15) is 56.5 Å². The highest BCUT2D eigenvalue weighted by Gasteiger charge is 2.37. The molecule has 2 aliphatic rings. The second-order valence-corrected chi connectivity index (χ2v) is 10.7. The number of imide groups is 1. The lowest BCUT2D eigenvalue weighted by molar-refractivity contribution is -0.152. The van der Waals surface area contributed by atoms with Crippen LogP contribution in [0.25, 0.3) is 0 Å². The van der Waals surface area contributed by atoms with Crippen molar-refractivity contribution in [2.45, 2.75) is 58.8 Å². The number of carbonyl (C=O) groups is 6. The van der Waals surface area contributed by atoms with Gasteiger partial charge in [-0.05, 0) is 51.8 Å². The molecule has 3 rings (SSSR count). The Labute approximate surface area is 231 Å². The quantitative estimate of drug-likeness (QED) is 0.264. The Bertz CT molecular complexity index is 1150. The maximum atomic E-state index is 13.0. The molecule has 1 aromatic rings. The van der Waals surface area contributed by atoms with E-state index in [0.29, 0.717) is 25.9 Å². The fourth-order valence-electron chi connectivity index (χ4n) is 4.45. The van der Waals surface area contributed by atoms with Gasteiger partial charge in [-0.25, -0.2) is 9.59 Å². The first-order valence-electron chi connectivity index (χ1n) is 12.9. The molecule has 1 aromatic carbocycles. The molecule has 0 aliphatic carbocycles. The first-order chi connectivity index (χ1) is 18.7. The number of piperidine rings is 1. The number of aliphatic carboxylic acids is 1. The van der Waals surface area contributed by atoms with Crippen molar-refractivity contribution >= 4 is 35.6 Å². The largest absolute Gasteiger partial charge is 0.481 e. The average molecular weight is 562 g/mol. The fourth-order valence-corrected chi connectivity index (χ4v) is 4.45. The number of carboxylic acid groups (broad SMARTS) is 1. The second-order valence-electron chi connectivity index (χ2n) is 10.7. The van der Waals surface area contributed by atoms with Crippen molar-refractivity contribution in [1.29, 1.82) is 0 Å². The zero-order valence-electron chi connectivity index (χ0n) is 23.1. The van der Waals surface area contributed by atoms with Gasteiger partial charge < -0.3 is 24.2 Å². The third-order valence-electron chi connectivity index (χ3n) is 6.38. The van der Waals surface area contributed by atoms with Crippen LogP contribution in [0.3, 0.4) is 0 Å². The highest BCUT2D eigenvalue weighted by Crippen LogP contribution is 2.24. The Morgan fingerprint density at radius 2 is 1.65 bits per heavy atom. The molecule has 2 heterocycles. The van der Waals surface area contributed by atoms with Crippen LogP contribution in [0.15, 0.2) is 18.2 Å². The van der Waals surface area contributed by atoms with E-state index in [1.54, 1.807) is 30.6 Å². The van der Waals surface area contributed by atoms with Crippen LogP contribution >= 0.6 is 0 Å². The van der Waals surface area contributed by atoms with Crippen LogP contribution in [0.2, 0.25) is 0 Å². The van der Waals surface area contributed by atoms with Gasteiger partial charge in [0.25, 0.3) is 0 Å². The third-order valence-corrected chi connectivity index (χ3v) is 6.38. The number of hydrogen-bond acceptors (Lipinski definition) is 10. The van der Waals surface area contributed by atoms with E-state index in [1.807, 2.05) is 0 Å². The lowest BCUT2D eigenvalue weighted by atomic mass is 10.0. The van der Waals surface area contributed by atoms with E-state index in [2.05, 4.69) is 0 Å². The fraction of sp³-hybridized carbons (Fsp3) is 0.556. The maximum absolute atomic E-state index is 13.0. The molecule has 218 valence electrons. The molecule has 3 amide bonds. The van der Waals surface area contributed by atoms with Crippen LogP contribution in [0.4, 0.5) is 4.79 Å². The van der Waals surface area contributed by atoms with E-state index < -0.39 is 48.3 Å². The van der Waals surface area contributed by atoms with Crippen molar-refractivity contribution in [2.75, 3.05) is 39.3 Å². The molecule has 0 saturated carbocycles. The molecule has 2 fully saturated rings. The number of ether oxygens (including phenoxy) is 3. The summed E-state index contributed by atoms with van der Waals surface area (Å²) in [6, 6.07) is 4.08. The predicted molar refractivity (Wildman–Crippen MR) is 138 cm³/mol. The summed E-state index contributed by atoms with van der Waals surface area (Å²) in [5.41, 5.74) is -0.189. The van der Waals surface area contributed by atoms with Crippen molar-refractivity contribution < 1.29 is 48.1 Å². The number of nitrogens with zero attached hydrogens (tertiary/aromatic N) is 3. The van der Waals surface area contributed by atoms with Gasteiger partial charge in [0, 0.05) is 37.2 Å². The molecular weight excluding hydrogens is 526 g/mol. The Kier molecular flexibility index (Phi) is 9.85. The number of amides is 3. The summed E-state index contributed by atoms with van der Waals surface area (Å²) >= 11 is 0. The smallest absolute Gasteiger partial charge is 0.410 e. The number of likely N-dealkylation sites (tertiary alicyclic amines) is 1. The number of ketones is 1. The third kappa shape index (κ3) is 8.50. The summed E-state index contributed by atoms with van der Waals surface area (Å²) in [6.45, 7) is 6.07. The van der Waals surface area contributed by atoms with Gasteiger partial charge in [-0.1, -0.05) is 0 Å². The highest BCUT2D eigenvalue weighted by atomic mass is 16.6. The Morgan fingerprint density at radius 1 is 1.02 bits per heavy atom. The van der Waals surface area contributed by atoms with E-state index in [9.17, 15) is 28.8 Å². The summed E-state index contributed by atoms with van der Waals surface area (Å²) < 4.78 is 15.6. The minimum atomic E-state index is -1.21. The number of benzene rings is 1. The highest BCUT2D eigenvalue weighted by molar-refractivity contribution is 6.06. The molecule has 0 bridgehead atoms. The van der Waals surface area contributed by atoms with Gasteiger partial charge in [0.05, 0.1) is 19.6 Å². The van der Waals surface area contributed by atoms with Gasteiger partial charge in [0.15, 0.2) is 12.4 Å². The van der Waals surface area contributed by atoms with Crippen molar-refractivity contribution in [1.82, 2.24) is 14.7 Å². The number of carboxylic acids is 1. The van der Waals surface area contributed by atoms with Gasteiger partial charge in [0.1, 0.15) is 18.0 Å². The minimum absolute atomic E-state index is 0.0320. The SMILES string of the molecule is CC(=O)OCc1cc(C(=O)CN2C(=O)CN(C3CCN(C(=O)OC(C)(C)C)CC3)CC2=O)ccc1OCC(=O)O. The minimum Gasteiger partial charge on any atom is -0.481 e. The molecule has 1 N–H and O–H groups in total. The molecule has 40 heavy (non-hydrogen) atoms. The standard InChI is InChI=1S/C27H35N3O10/c1-17(31)38-15-19-11-18(5-6-22(19)39-16-25(35)36)21(32)12-30-23(33)13-29(14-24(30)34)20-7-9-28(10-8-20)26(37)40-27(2,3)4/h5-6,11,20H,7-10,12-16H2,1-4H3,(H,35,36). The topological polar surface area (TPSA) is 160 Å². The summed E-state index contributed by atoms with van der Waals surface area (Å²) in [5.74, 6) is -3.18.